The second-order valence-corrected chi connectivity index (χ2v) is 4.39. The molecule has 2 rings (SSSR count). The van der Waals surface area contributed by atoms with E-state index < -0.39 is 0 Å². The number of unbranched alkanes of at least 4 members (excludes halogenated alkanes) is 1. The number of benzene rings is 1. The summed E-state index contributed by atoms with van der Waals surface area (Å²) in [6.45, 7) is 2.10. The Morgan fingerprint density at radius 3 is 2.58 bits per heavy atom. The van der Waals surface area contributed by atoms with Crippen LogP contribution in [0.25, 0.3) is 11.0 Å². The van der Waals surface area contributed by atoms with E-state index in [-0.39, 0.29) is 5.43 Å². The van der Waals surface area contributed by atoms with Crippen molar-refractivity contribution in [1.82, 2.24) is 0 Å². The average Bonchev–Trinajstić information content (AvgIpc) is 2.44. The molecule has 0 fully saturated rings. The zero-order chi connectivity index (χ0) is 13.8. The van der Waals surface area contributed by atoms with Gasteiger partial charge in [0.1, 0.15) is 11.5 Å². The van der Waals surface area contributed by atoms with Gasteiger partial charge >= 0.3 is 0 Å². The van der Waals surface area contributed by atoms with Crippen LogP contribution in [0.3, 0.4) is 0 Å². The third-order valence-electron chi connectivity index (χ3n) is 3.05. The predicted molar refractivity (Wildman–Crippen MR) is 74.2 cm³/mol. The van der Waals surface area contributed by atoms with Gasteiger partial charge in [0.15, 0.2) is 16.8 Å². The smallest absolute Gasteiger partial charge is 0.193 e. The summed E-state index contributed by atoms with van der Waals surface area (Å²) in [4.78, 5) is 12.1. The topological polar surface area (TPSA) is 48.7 Å². The van der Waals surface area contributed by atoms with E-state index in [0.29, 0.717) is 28.2 Å². The third kappa shape index (κ3) is 2.72. The molecule has 0 aliphatic carbocycles. The van der Waals surface area contributed by atoms with Crippen LogP contribution >= 0.6 is 0 Å². The van der Waals surface area contributed by atoms with Gasteiger partial charge in [-0.2, -0.15) is 0 Å². The molecule has 102 valence electrons. The summed E-state index contributed by atoms with van der Waals surface area (Å²) in [5.41, 5.74) is 0.423. The molecule has 1 aromatic heterocycles. The lowest BCUT2D eigenvalue weighted by atomic mass is 10.1. The molecule has 0 saturated carbocycles. The standard InChI is InChI=1S/C15H18O4/c1-4-5-6-10-8-13(16)12-7-11(17-2)9-14(18-3)15(12)19-10/h7-9H,4-6H2,1-3H3. The molecule has 0 aliphatic heterocycles. The lowest BCUT2D eigenvalue weighted by Gasteiger charge is -2.09. The quantitative estimate of drug-likeness (QED) is 0.830. The maximum atomic E-state index is 12.1. The zero-order valence-electron chi connectivity index (χ0n) is 11.5. The van der Waals surface area contributed by atoms with Crippen LogP contribution < -0.4 is 14.9 Å². The van der Waals surface area contributed by atoms with E-state index in [1.807, 2.05) is 0 Å². The molecule has 4 nitrogen and oxygen atoms in total. The van der Waals surface area contributed by atoms with Crippen LogP contribution in [-0.4, -0.2) is 14.2 Å². The summed E-state index contributed by atoms with van der Waals surface area (Å²) in [5, 5.41) is 0.483. The van der Waals surface area contributed by atoms with Crippen molar-refractivity contribution in [2.45, 2.75) is 26.2 Å². The highest BCUT2D eigenvalue weighted by atomic mass is 16.5. The molecule has 4 heteroatoms. The molecule has 0 unspecified atom stereocenters. The van der Waals surface area contributed by atoms with Gasteiger partial charge in [0, 0.05) is 18.6 Å². The van der Waals surface area contributed by atoms with E-state index in [0.717, 1.165) is 19.3 Å². The first-order valence-corrected chi connectivity index (χ1v) is 6.38. The minimum atomic E-state index is -0.0652. The molecule has 0 N–H and O–H groups in total. The summed E-state index contributed by atoms with van der Waals surface area (Å²) < 4.78 is 16.2. The molecule has 0 spiro atoms. The Morgan fingerprint density at radius 2 is 1.95 bits per heavy atom. The Labute approximate surface area is 111 Å². The number of aryl methyl sites for hydroxylation is 1. The van der Waals surface area contributed by atoms with Crippen LogP contribution in [0.1, 0.15) is 25.5 Å². The average molecular weight is 262 g/mol. The highest BCUT2D eigenvalue weighted by Gasteiger charge is 2.12. The van der Waals surface area contributed by atoms with E-state index in [1.54, 1.807) is 32.4 Å². The Morgan fingerprint density at radius 1 is 1.16 bits per heavy atom. The number of ether oxygens (including phenoxy) is 2. The molecule has 0 atom stereocenters. The van der Waals surface area contributed by atoms with Crippen molar-refractivity contribution in [3.05, 3.63) is 34.2 Å². The molecule has 0 saturated heterocycles. The Hall–Kier alpha value is -1.97. The van der Waals surface area contributed by atoms with Crippen LogP contribution in [0, 0.1) is 0 Å². The molecule has 0 radical (unpaired) electrons. The molecule has 1 heterocycles. The van der Waals surface area contributed by atoms with Crippen molar-refractivity contribution in [1.29, 1.82) is 0 Å². The summed E-state index contributed by atoms with van der Waals surface area (Å²) in [6, 6.07) is 4.94. The Kier molecular flexibility index (Phi) is 4.10. The Balaban J connectivity index is 2.62. The van der Waals surface area contributed by atoms with Crippen molar-refractivity contribution < 1.29 is 13.9 Å². The van der Waals surface area contributed by atoms with Gasteiger partial charge in [0.05, 0.1) is 19.6 Å². The minimum absolute atomic E-state index is 0.0652. The van der Waals surface area contributed by atoms with Gasteiger partial charge in [-0.25, -0.2) is 0 Å². The molecular formula is C15H18O4. The van der Waals surface area contributed by atoms with Crippen LogP contribution in [0.15, 0.2) is 27.4 Å². The van der Waals surface area contributed by atoms with Crippen LogP contribution in [0.2, 0.25) is 0 Å². The zero-order valence-corrected chi connectivity index (χ0v) is 11.5. The number of rotatable bonds is 5. The maximum absolute atomic E-state index is 12.1. The SMILES string of the molecule is CCCCc1cc(=O)c2cc(OC)cc(OC)c2o1. The molecule has 0 amide bonds. The van der Waals surface area contributed by atoms with Crippen LogP contribution in [-0.2, 0) is 6.42 Å². The van der Waals surface area contributed by atoms with E-state index >= 15 is 0 Å². The van der Waals surface area contributed by atoms with Crippen LogP contribution in [0.5, 0.6) is 11.5 Å². The van der Waals surface area contributed by atoms with Gasteiger partial charge in [0.25, 0.3) is 0 Å². The third-order valence-corrected chi connectivity index (χ3v) is 3.05. The van der Waals surface area contributed by atoms with E-state index in [4.69, 9.17) is 13.9 Å². The van der Waals surface area contributed by atoms with Crippen molar-refractivity contribution in [2.75, 3.05) is 14.2 Å². The number of hydrogen-bond acceptors (Lipinski definition) is 4. The Bertz CT molecular complexity index is 628. The fourth-order valence-corrected chi connectivity index (χ4v) is 1.99. The lowest BCUT2D eigenvalue weighted by molar-refractivity contribution is 0.389. The van der Waals surface area contributed by atoms with E-state index in [1.165, 1.54) is 0 Å². The second-order valence-electron chi connectivity index (χ2n) is 4.39. The van der Waals surface area contributed by atoms with Gasteiger partial charge in [0.2, 0.25) is 0 Å². The lowest BCUT2D eigenvalue weighted by Crippen LogP contribution is -2.04. The van der Waals surface area contributed by atoms with Gasteiger partial charge in [-0.3, -0.25) is 4.79 Å². The summed E-state index contributed by atoms with van der Waals surface area (Å²) in [7, 11) is 3.10. The normalized spacial score (nSPS) is 10.7. The molecule has 2 aromatic rings. The number of fused-ring (bicyclic) bond motifs is 1. The first kappa shape index (κ1) is 13.5. The van der Waals surface area contributed by atoms with Crippen LogP contribution in [0.4, 0.5) is 0 Å². The summed E-state index contributed by atoms with van der Waals surface area (Å²) in [5.74, 6) is 1.80. The monoisotopic (exact) mass is 262 g/mol. The van der Waals surface area contributed by atoms with Gasteiger partial charge in [-0.05, 0) is 12.5 Å². The summed E-state index contributed by atoms with van der Waals surface area (Å²) in [6.07, 6.45) is 2.81. The second kappa shape index (κ2) is 5.78. The predicted octanol–water partition coefficient (Wildman–Crippen LogP) is 3.15. The molecule has 19 heavy (non-hydrogen) atoms. The largest absolute Gasteiger partial charge is 0.497 e. The van der Waals surface area contributed by atoms with E-state index in [2.05, 4.69) is 6.92 Å². The molecule has 0 bridgehead atoms. The van der Waals surface area contributed by atoms with Crippen molar-refractivity contribution in [2.24, 2.45) is 0 Å². The van der Waals surface area contributed by atoms with Gasteiger partial charge in [-0.15, -0.1) is 0 Å². The first-order valence-electron chi connectivity index (χ1n) is 6.38. The van der Waals surface area contributed by atoms with Crippen molar-refractivity contribution >= 4 is 11.0 Å². The molecule has 1 aromatic carbocycles. The van der Waals surface area contributed by atoms with Gasteiger partial charge < -0.3 is 13.9 Å². The van der Waals surface area contributed by atoms with E-state index in [9.17, 15) is 4.79 Å². The number of methoxy groups -OCH3 is 2. The fraction of sp³-hybridized carbons (Fsp3) is 0.400. The van der Waals surface area contributed by atoms with Crippen molar-refractivity contribution in [3.63, 3.8) is 0 Å². The molecular weight excluding hydrogens is 244 g/mol. The summed E-state index contributed by atoms with van der Waals surface area (Å²) >= 11 is 0. The first-order chi connectivity index (χ1) is 9.19. The van der Waals surface area contributed by atoms with Gasteiger partial charge in [-0.1, -0.05) is 13.3 Å². The minimum Gasteiger partial charge on any atom is -0.497 e. The van der Waals surface area contributed by atoms with Crippen molar-refractivity contribution in [3.8, 4) is 11.5 Å². The highest BCUT2D eigenvalue weighted by Crippen LogP contribution is 2.30. The fourth-order valence-electron chi connectivity index (χ4n) is 1.99. The number of hydrogen-bond donors (Lipinski definition) is 0. The maximum Gasteiger partial charge on any atom is 0.193 e. The highest BCUT2D eigenvalue weighted by molar-refractivity contribution is 5.84. The molecule has 0 aliphatic rings.